The van der Waals surface area contributed by atoms with Crippen molar-refractivity contribution >= 4 is 12.4 Å². The molecule has 3 atom stereocenters. The number of halogens is 1. The second-order valence-corrected chi connectivity index (χ2v) is 7.26. The first kappa shape index (κ1) is 16.3. The van der Waals surface area contributed by atoms with E-state index in [1.165, 1.54) is 51.7 Å². The normalized spacial score (nSPS) is 37.0. The van der Waals surface area contributed by atoms with Gasteiger partial charge >= 0.3 is 0 Å². The molecule has 0 radical (unpaired) electrons. The highest BCUT2D eigenvalue weighted by Gasteiger charge is 2.34. The predicted octanol–water partition coefficient (Wildman–Crippen LogP) is 3.29. The number of nitrogens with two attached hydrogens (primary N) is 1. The van der Waals surface area contributed by atoms with Crippen molar-refractivity contribution in [3.05, 3.63) is 0 Å². The Morgan fingerprint density at radius 3 is 2.56 bits per heavy atom. The van der Waals surface area contributed by atoms with Crippen LogP contribution in [-0.4, -0.2) is 30.6 Å². The van der Waals surface area contributed by atoms with E-state index in [0.29, 0.717) is 11.5 Å². The van der Waals surface area contributed by atoms with Crippen LogP contribution in [0.4, 0.5) is 0 Å². The van der Waals surface area contributed by atoms with Gasteiger partial charge in [0.15, 0.2) is 0 Å². The van der Waals surface area contributed by atoms with Crippen LogP contribution in [-0.2, 0) is 0 Å². The van der Waals surface area contributed by atoms with Crippen molar-refractivity contribution in [3.8, 4) is 0 Å². The van der Waals surface area contributed by atoms with Crippen molar-refractivity contribution in [2.24, 2.45) is 23.0 Å². The molecule has 0 aromatic rings. The van der Waals surface area contributed by atoms with Crippen molar-refractivity contribution in [2.75, 3.05) is 19.6 Å². The molecule has 0 aromatic carbocycles. The number of nitrogens with zero attached hydrogens (tertiary/aromatic N) is 1. The highest BCUT2D eigenvalue weighted by atomic mass is 35.5. The van der Waals surface area contributed by atoms with E-state index in [1.807, 2.05) is 0 Å². The van der Waals surface area contributed by atoms with E-state index in [9.17, 15) is 0 Å². The van der Waals surface area contributed by atoms with Crippen LogP contribution in [0.2, 0.25) is 0 Å². The maximum Gasteiger partial charge on any atom is 0.0115 e. The van der Waals surface area contributed by atoms with Gasteiger partial charge in [-0.3, -0.25) is 0 Å². The third kappa shape index (κ3) is 4.11. The van der Waals surface area contributed by atoms with E-state index < -0.39 is 0 Å². The zero-order chi connectivity index (χ0) is 12.5. The standard InChI is InChI=1S/C15H30N2.ClH/c1-12-5-4-6-13(9-12)10-17-8-7-14(16)15(2,3)11-17;/h12-14H,4-11,16H2,1-3H3;1H. The maximum atomic E-state index is 6.20. The number of piperidine rings is 1. The molecule has 2 nitrogen and oxygen atoms in total. The second kappa shape index (κ2) is 6.58. The first-order chi connectivity index (χ1) is 7.97. The van der Waals surface area contributed by atoms with Gasteiger partial charge in [0.1, 0.15) is 0 Å². The lowest BCUT2D eigenvalue weighted by molar-refractivity contribution is 0.0719. The van der Waals surface area contributed by atoms with Gasteiger partial charge in [0.05, 0.1) is 0 Å². The molecule has 2 N–H and O–H groups in total. The molecule has 0 spiro atoms. The van der Waals surface area contributed by atoms with Gasteiger partial charge < -0.3 is 10.6 Å². The number of likely N-dealkylation sites (tertiary alicyclic amines) is 1. The lowest BCUT2D eigenvalue weighted by Gasteiger charge is -2.44. The molecular weight excluding hydrogens is 244 g/mol. The van der Waals surface area contributed by atoms with Crippen molar-refractivity contribution in [1.29, 1.82) is 0 Å². The van der Waals surface area contributed by atoms with Crippen molar-refractivity contribution < 1.29 is 0 Å². The molecule has 1 saturated carbocycles. The Labute approximate surface area is 119 Å². The Kier molecular flexibility index (Phi) is 5.95. The summed E-state index contributed by atoms with van der Waals surface area (Å²) in [5.41, 5.74) is 6.51. The Bertz CT molecular complexity index is 255. The minimum absolute atomic E-state index is 0. The molecule has 2 rings (SSSR count). The SMILES string of the molecule is CC1CCCC(CN2CCC(N)C(C)(C)C2)C1.Cl. The Morgan fingerprint density at radius 1 is 1.22 bits per heavy atom. The maximum absolute atomic E-state index is 6.20. The summed E-state index contributed by atoms with van der Waals surface area (Å²) >= 11 is 0. The average Bonchev–Trinajstić information content (AvgIpc) is 2.23. The Balaban J connectivity index is 0.00000162. The summed E-state index contributed by atoms with van der Waals surface area (Å²) in [5, 5.41) is 0. The Morgan fingerprint density at radius 2 is 1.94 bits per heavy atom. The highest BCUT2D eigenvalue weighted by molar-refractivity contribution is 5.85. The fourth-order valence-corrected chi connectivity index (χ4v) is 3.73. The lowest BCUT2D eigenvalue weighted by atomic mass is 9.78. The summed E-state index contributed by atoms with van der Waals surface area (Å²) in [4.78, 5) is 2.67. The van der Waals surface area contributed by atoms with Gasteiger partial charge in [0, 0.05) is 19.1 Å². The van der Waals surface area contributed by atoms with E-state index in [4.69, 9.17) is 5.73 Å². The fourth-order valence-electron chi connectivity index (χ4n) is 3.73. The van der Waals surface area contributed by atoms with E-state index in [-0.39, 0.29) is 12.4 Å². The van der Waals surface area contributed by atoms with E-state index in [0.717, 1.165) is 11.8 Å². The van der Waals surface area contributed by atoms with Gasteiger partial charge in [-0.05, 0) is 43.1 Å². The fraction of sp³-hybridized carbons (Fsp3) is 1.00. The monoisotopic (exact) mass is 274 g/mol. The van der Waals surface area contributed by atoms with E-state index >= 15 is 0 Å². The topological polar surface area (TPSA) is 29.3 Å². The molecule has 18 heavy (non-hydrogen) atoms. The van der Waals surface area contributed by atoms with Crippen LogP contribution >= 0.6 is 12.4 Å². The van der Waals surface area contributed by atoms with Crippen LogP contribution < -0.4 is 5.73 Å². The molecule has 3 heteroatoms. The number of hydrogen-bond acceptors (Lipinski definition) is 2. The molecule has 2 fully saturated rings. The summed E-state index contributed by atoms with van der Waals surface area (Å²) in [6, 6.07) is 0.393. The highest BCUT2D eigenvalue weighted by Crippen LogP contribution is 2.32. The van der Waals surface area contributed by atoms with Gasteiger partial charge in [-0.2, -0.15) is 0 Å². The summed E-state index contributed by atoms with van der Waals surface area (Å²) in [7, 11) is 0. The minimum Gasteiger partial charge on any atom is -0.327 e. The third-order valence-corrected chi connectivity index (χ3v) is 4.95. The van der Waals surface area contributed by atoms with Crippen molar-refractivity contribution in [1.82, 2.24) is 4.90 Å². The molecule has 108 valence electrons. The largest absolute Gasteiger partial charge is 0.327 e. The van der Waals surface area contributed by atoms with Crippen LogP contribution in [0.25, 0.3) is 0 Å². The predicted molar refractivity (Wildman–Crippen MR) is 81.2 cm³/mol. The molecule has 0 aromatic heterocycles. The van der Waals surface area contributed by atoms with E-state index in [2.05, 4.69) is 25.7 Å². The second-order valence-electron chi connectivity index (χ2n) is 7.26. The zero-order valence-electron chi connectivity index (χ0n) is 12.3. The van der Waals surface area contributed by atoms with Crippen LogP contribution in [0.3, 0.4) is 0 Å². The van der Waals surface area contributed by atoms with Gasteiger partial charge in [0.25, 0.3) is 0 Å². The molecule has 2 aliphatic rings. The quantitative estimate of drug-likeness (QED) is 0.837. The molecule has 0 amide bonds. The molecule has 1 aliphatic carbocycles. The van der Waals surface area contributed by atoms with Crippen LogP contribution in [0.1, 0.15) is 52.9 Å². The molecular formula is C15H31ClN2. The molecule has 0 bridgehead atoms. The Hall–Kier alpha value is 0.210. The number of rotatable bonds is 2. The van der Waals surface area contributed by atoms with E-state index in [1.54, 1.807) is 0 Å². The number of hydrogen-bond donors (Lipinski definition) is 1. The smallest absolute Gasteiger partial charge is 0.0115 e. The molecule has 3 unspecified atom stereocenters. The van der Waals surface area contributed by atoms with Crippen molar-refractivity contribution in [3.63, 3.8) is 0 Å². The van der Waals surface area contributed by atoms with Gasteiger partial charge in [-0.1, -0.05) is 33.6 Å². The van der Waals surface area contributed by atoms with Gasteiger partial charge in [-0.25, -0.2) is 0 Å². The molecule has 1 heterocycles. The lowest BCUT2D eigenvalue weighted by Crippen LogP contribution is -2.53. The summed E-state index contributed by atoms with van der Waals surface area (Å²) in [6.07, 6.45) is 6.97. The van der Waals surface area contributed by atoms with Gasteiger partial charge in [0.2, 0.25) is 0 Å². The first-order valence-electron chi connectivity index (χ1n) is 7.45. The van der Waals surface area contributed by atoms with Crippen molar-refractivity contribution in [2.45, 2.75) is 58.9 Å². The van der Waals surface area contributed by atoms with Crippen LogP contribution in [0, 0.1) is 17.3 Å². The molecule has 1 aliphatic heterocycles. The first-order valence-corrected chi connectivity index (χ1v) is 7.45. The van der Waals surface area contributed by atoms with Crippen LogP contribution in [0.5, 0.6) is 0 Å². The minimum atomic E-state index is 0. The van der Waals surface area contributed by atoms with Crippen LogP contribution in [0.15, 0.2) is 0 Å². The zero-order valence-corrected chi connectivity index (χ0v) is 13.1. The van der Waals surface area contributed by atoms with Gasteiger partial charge in [-0.15, -0.1) is 12.4 Å². The summed E-state index contributed by atoms with van der Waals surface area (Å²) in [5.74, 6) is 1.90. The average molecular weight is 275 g/mol. The third-order valence-electron chi connectivity index (χ3n) is 4.95. The molecule has 1 saturated heterocycles. The summed E-state index contributed by atoms with van der Waals surface area (Å²) in [6.45, 7) is 10.8. The summed E-state index contributed by atoms with van der Waals surface area (Å²) < 4.78 is 0.